The van der Waals surface area contributed by atoms with Crippen molar-refractivity contribution in [2.75, 3.05) is 6.61 Å². The third-order valence-electron chi connectivity index (χ3n) is 4.17. The van der Waals surface area contributed by atoms with Gasteiger partial charge in [-0.05, 0) is 17.2 Å². The van der Waals surface area contributed by atoms with Gasteiger partial charge in [-0.15, -0.1) is 0 Å². The molecule has 5 heteroatoms. The van der Waals surface area contributed by atoms with Crippen molar-refractivity contribution in [1.29, 1.82) is 0 Å². The molecule has 0 heterocycles. The van der Waals surface area contributed by atoms with Crippen molar-refractivity contribution in [1.82, 2.24) is 0 Å². The summed E-state index contributed by atoms with van der Waals surface area (Å²) in [5.74, 6) is -0.801. The number of rotatable bonds is 8. The van der Waals surface area contributed by atoms with Crippen LogP contribution in [0.2, 0.25) is 0 Å². The first-order valence-corrected chi connectivity index (χ1v) is 8.92. The van der Waals surface area contributed by atoms with Gasteiger partial charge in [0.25, 0.3) is 5.91 Å². The Morgan fingerprint density at radius 1 is 0.821 bits per heavy atom. The van der Waals surface area contributed by atoms with Gasteiger partial charge in [-0.1, -0.05) is 78.9 Å². The molecule has 0 saturated carbocycles. The zero-order chi connectivity index (χ0) is 19.8. The molecule has 3 rings (SSSR count). The topological polar surface area (TPSA) is 78.6 Å². The SMILES string of the molecule is NC(=O)[C@@H](OC(=O)COc1ccccc1Cc1ccccc1)c1ccccc1. The number of carbonyl (C=O) groups excluding carboxylic acids is 2. The summed E-state index contributed by atoms with van der Waals surface area (Å²) in [5, 5.41) is 0. The Hall–Kier alpha value is -3.60. The summed E-state index contributed by atoms with van der Waals surface area (Å²) in [7, 11) is 0. The maximum absolute atomic E-state index is 12.2. The van der Waals surface area contributed by atoms with Gasteiger partial charge in [-0.2, -0.15) is 0 Å². The van der Waals surface area contributed by atoms with Gasteiger partial charge in [0.15, 0.2) is 6.61 Å². The van der Waals surface area contributed by atoms with E-state index >= 15 is 0 Å². The number of hydrogen-bond acceptors (Lipinski definition) is 4. The first kappa shape index (κ1) is 19.2. The first-order valence-electron chi connectivity index (χ1n) is 8.92. The molecule has 3 aromatic carbocycles. The summed E-state index contributed by atoms with van der Waals surface area (Å²) in [6.45, 7) is -0.317. The van der Waals surface area contributed by atoms with E-state index in [1.54, 1.807) is 36.4 Å². The van der Waals surface area contributed by atoms with Crippen LogP contribution in [0.5, 0.6) is 5.75 Å². The maximum atomic E-state index is 12.2. The van der Waals surface area contributed by atoms with Crippen LogP contribution in [0.3, 0.4) is 0 Å². The highest BCUT2D eigenvalue weighted by atomic mass is 16.6. The Bertz CT molecular complexity index is 926. The Morgan fingerprint density at radius 3 is 2.11 bits per heavy atom. The third kappa shape index (κ3) is 5.20. The lowest BCUT2D eigenvalue weighted by atomic mass is 10.0. The molecule has 1 amide bonds. The molecule has 5 nitrogen and oxygen atoms in total. The fourth-order valence-electron chi connectivity index (χ4n) is 2.83. The van der Waals surface area contributed by atoms with Crippen LogP contribution in [-0.4, -0.2) is 18.5 Å². The van der Waals surface area contributed by atoms with Crippen LogP contribution in [0, 0.1) is 0 Å². The van der Waals surface area contributed by atoms with Gasteiger partial charge in [0.05, 0.1) is 0 Å². The Morgan fingerprint density at radius 2 is 1.43 bits per heavy atom. The van der Waals surface area contributed by atoms with Crippen LogP contribution < -0.4 is 10.5 Å². The lowest BCUT2D eigenvalue weighted by Gasteiger charge is -2.16. The Labute approximate surface area is 163 Å². The minimum atomic E-state index is -1.14. The number of hydrogen-bond donors (Lipinski definition) is 1. The maximum Gasteiger partial charge on any atom is 0.345 e. The van der Waals surface area contributed by atoms with Crippen LogP contribution in [0.1, 0.15) is 22.8 Å². The molecule has 0 bridgehead atoms. The largest absolute Gasteiger partial charge is 0.482 e. The number of esters is 1. The molecule has 2 N–H and O–H groups in total. The molecule has 0 saturated heterocycles. The Kier molecular flexibility index (Phi) is 6.41. The van der Waals surface area contributed by atoms with Crippen LogP contribution in [0.4, 0.5) is 0 Å². The second kappa shape index (κ2) is 9.37. The molecule has 0 aliphatic heterocycles. The molecule has 0 spiro atoms. The number of carbonyl (C=O) groups is 2. The van der Waals surface area contributed by atoms with Gasteiger partial charge < -0.3 is 15.2 Å². The molecular weight excluding hydrogens is 354 g/mol. The van der Waals surface area contributed by atoms with Crippen molar-refractivity contribution in [3.05, 3.63) is 102 Å². The van der Waals surface area contributed by atoms with E-state index in [9.17, 15) is 9.59 Å². The van der Waals surface area contributed by atoms with Crippen molar-refractivity contribution in [2.45, 2.75) is 12.5 Å². The summed E-state index contributed by atoms with van der Waals surface area (Å²) in [5.41, 5.74) is 7.99. The summed E-state index contributed by atoms with van der Waals surface area (Å²) in [6.07, 6.45) is -0.461. The summed E-state index contributed by atoms with van der Waals surface area (Å²) in [4.78, 5) is 23.9. The average molecular weight is 375 g/mol. The van der Waals surface area contributed by atoms with E-state index in [-0.39, 0.29) is 6.61 Å². The van der Waals surface area contributed by atoms with E-state index in [0.717, 1.165) is 11.1 Å². The standard InChI is InChI=1S/C23H21NO4/c24-23(26)22(18-11-5-2-6-12-18)28-21(25)16-27-20-14-8-7-13-19(20)15-17-9-3-1-4-10-17/h1-14,22H,15-16H2,(H2,24,26)/t22-/m0/s1. The van der Waals surface area contributed by atoms with E-state index < -0.39 is 18.0 Å². The van der Waals surface area contributed by atoms with Gasteiger partial charge >= 0.3 is 5.97 Å². The van der Waals surface area contributed by atoms with Crippen molar-refractivity contribution >= 4 is 11.9 Å². The minimum absolute atomic E-state index is 0.317. The highest BCUT2D eigenvalue weighted by molar-refractivity contribution is 5.83. The number of benzene rings is 3. The van der Waals surface area contributed by atoms with E-state index in [1.807, 2.05) is 48.5 Å². The zero-order valence-corrected chi connectivity index (χ0v) is 15.3. The van der Waals surface area contributed by atoms with Crippen LogP contribution in [-0.2, 0) is 20.7 Å². The fraction of sp³-hybridized carbons (Fsp3) is 0.130. The number of para-hydroxylation sites is 1. The lowest BCUT2D eigenvalue weighted by molar-refractivity contribution is -0.157. The highest BCUT2D eigenvalue weighted by Gasteiger charge is 2.22. The van der Waals surface area contributed by atoms with E-state index in [1.165, 1.54) is 0 Å². The summed E-state index contributed by atoms with van der Waals surface area (Å²) < 4.78 is 10.9. The van der Waals surface area contributed by atoms with Gasteiger partial charge in [0.1, 0.15) is 5.75 Å². The van der Waals surface area contributed by atoms with Crippen LogP contribution >= 0.6 is 0 Å². The molecule has 0 fully saturated rings. The predicted molar refractivity (Wildman–Crippen MR) is 106 cm³/mol. The number of amides is 1. The second-order valence-corrected chi connectivity index (χ2v) is 6.24. The molecule has 0 aromatic heterocycles. The summed E-state index contributed by atoms with van der Waals surface area (Å²) in [6, 6.07) is 26.1. The van der Waals surface area contributed by atoms with Crippen molar-refractivity contribution in [3.8, 4) is 5.75 Å². The Balaban J connectivity index is 1.64. The molecular formula is C23H21NO4. The molecule has 0 unspecified atom stereocenters. The number of ether oxygens (including phenoxy) is 2. The molecule has 0 aliphatic rings. The lowest BCUT2D eigenvalue weighted by Crippen LogP contribution is -2.28. The van der Waals surface area contributed by atoms with Crippen LogP contribution in [0.25, 0.3) is 0 Å². The molecule has 28 heavy (non-hydrogen) atoms. The predicted octanol–water partition coefficient (Wildman–Crippen LogP) is 3.43. The smallest absolute Gasteiger partial charge is 0.345 e. The molecule has 142 valence electrons. The quantitative estimate of drug-likeness (QED) is 0.612. The van der Waals surface area contributed by atoms with Crippen LogP contribution in [0.15, 0.2) is 84.9 Å². The normalized spacial score (nSPS) is 11.4. The molecule has 1 atom stereocenters. The number of primary amides is 1. The number of nitrogens with two attached hydrogens (primary N) is 1. The highest BCUT2D eigenvalue weighted by Crippen LogP contribution is 2.22. The van der Waals surface area contributed by atoms with E-state index in [2.05, 4.69) is 0 Å². The third-order valence-corrected chi connectivity index (χ3v) is 4.17. The monoisotopic (exact) mass is 375 g/mol. The van der Waals surface area contributed by atoms with E-state index in [4.69, 9.17) is 15.2 Å². The van der Waals surface area contributed by atoms with Gasteiger partial charge in [0.2, 0.25) is 6.10 Å². The van der Waals surface area contributed by atoms with E-state index in [0.29, 0.717) is 17.7 Å². The summed E-state index contributed by atoms with van der Waals surface area (Å²) >= 11 is 0. The molecule has 3 aromatic rings. The van der Waals surface area contributed by atoms with Gasteiger partial charge in [0, 0.05) is 12.0 Å². The van der Waals surface area contributed by atoms with Crippen molar-refractivity contribution < 1.29 is 19.1 Å². The zero-order valence-electron chi connectivity index (χ0n) is 15.3. The first-order chi connectivity index (χ1) is 13.6. The molecule has 0 aliphatic carbocycles. The molecule has 0 radical (unpaired) electrons. The minimum Gasteiger partial charge on any atom is -0.482 e. The average Bonchev–Trinajstić information content (AvgIpc) is 2.72. The van der Waals surface area contributed by atoms with Crippen molar-refractivity contribution in [3.63, 3.8) is 0 Å². The van der Waals surface area contributed by atoms with Gasteiger partial charge in [-0.3, -0.25) is 4.79 Å². The van der Waals surface area contributed by atoms with Gasteiger partial charge in [-0.25, -0.2) is 4.79 Å². The van der Waals surface area contributed by atoms with Crippen molar-refractivity contribution in [2.24, 2.45) is 5.73 Å². The second-order valence-electron chi connectivity index (χ2n) is 6.24. The fourth-order valence-corrected chi connectivity index (χ4v) is 2.83.